The maximum atomic E-state index is 13.2. The largest absolute Gasteiger partial charge is 0.477 e. The van der Waals surface area contributed by atoms with Crippen molar-refractivity contribution in [2.75, 3.05) is 31.3 Å². The van der Waals surface area contributed by atoms with Gasteiger partial charge in [-0.2, -0.15) is 4.98 Å². The zero-order valence-corrected chi connectivity index (χ0v) is 17.4. The van der Waals surface area contributed by atoms with Gasteiger partial charge in [0, 0.05) is 32.0 Å². The van der Waals surface area contributed by atoms with Gasteiger partial charge in [0.05, 0.1) is 31.0 Å². The van der Waals surface area contributed by atoms with Crippen molar-refractivity contribution < 1.29 is 18.8 Å². The lowest BCUT2D eigenvalue weighted by atomic mass is 9.82. The molecule has 4 heterocycles. The molecule has 160 valence electrons. The van der Waals surface area contributed by atoms with Gasteiger partial charge < -0.3 is 24.2 Å². The number of rotatable bonds is 8. The van der Waals surface area contributed by atoms with E-state index in [2.05, 4.69) is 25.3 Å². The zero-order chi connectivity index (χ0) is 20.7. The fourth-order valence-corrected chi connectivity index (χ4v) is 3.98. The molecule has 1 atom stereocenters. The van der Waals surface area contributed by atoms with Crippen molar-refractivity contribution in [1.82, 2.24) is 20.4 Å². The van der Waals surface area contributed by atoms with Crippen LogP contribution in [0.5, 0.6) is 5.88 Å². The highest BCUT2D eigenvalue weighted by atomic mass is 16.5. The number of amides is 1. The predicted octanol–water partition coefficient (Wildman–Crippen LogP) is 1.90. The number of carbonyl (C=O) groups is 1. The number of pyridine rings is 1. The second kappa shape index (κ2) is 7.54. The van der Waals surface area contributed by atoms with Crippen LogP contribution >= 0.6 is 0 Å². The van der Waals surface area contributed by atoms with Crippen LogP contribution in [0.1, 0.15) is 48.4 Å². The summed E-state index contributed by atoms with van der Waals surface area (Å²) in [4.78, 5) is 24.2. The monoisotopic (exact) mass is 413 g/mol. The first-order valence-corrected chi connectivity index (χ1v) is 10.6. The molecule has 3 aliphatic rings. The molecule has 2 aromatic rings. The van der Waals surface area contributed by atoms with E-state index in [1.165, 1.54) is 12.8 Å². The molecule has 1 aliphatic carbocycles. The van der Waals surface area contributed by atoms with Crippen LogP contribution in [0.2, 0.25) is 0 Å². The Morgan fingerprint density at radius 3 is 2.80 bits per heavy atom. The van der Waals surface area contributed by atoms with Gasteiger partial charge in [-0.1, -0.05) is 5.16 Å². The SMILES string of the molecule is Cc1nc(CC(C)NC(=O)c2nc(OCC3CC3)ccc2N2CCC23COC3)no1. The molecule has 1 N–H and O–H groups in total. The highest BCUT2D eigenvalue weighted by Crippen LogP contribution is 2.42. The lowest BCUT2D eigenvalue weighted by Gasteiger charge is -2.59. The van der Waals surface area contributed by atoms with Crippen LogP contribution in [0.25, 0.3) is 0 Å². The van der Waals surface area contributed by atoms with E-state index in [0.717, 1.165) is 18.7 Å². The Morgan fingerprint density at radius 1 is 1.37 bits per heavy atom. The van der Waals surface area contributed by atoms with Gasteiger partial charge in [-0.15, -0.1) is 0 Å². The van der Waals surface area contributed by atoms with Gasteiger partial charge in [0.2, 0.25) is 11.8 Å². The molecule has 9 heteroatoms. The molecule has 3 fully saturated rings. The summed E-state index contributed by atoms with van der Waals surface area (Å²) in [6.07, 6.45) is 3.96. The van der Waals surface area contributed by atoms with Crippen molar-refractivity contribution in [3.63, 3.8) is 0 Å². The van der Waals surface area contributed by atoms with Gasteiger partial charge in [0.15, 0.2) is 11.5 Å². The van der Waals surface area contributed by atoms with Gasteiger partial charge >= 0.3 is 0 Å². The van der Waals surface area contributed by atoms with E-state index < -0.39 is 0 Å². The van der Waals surface area contributed by atoms with E-state index in [9.17, 15) is 4.79 Å². The Morgan fingerprint density at radius 2 is 2.20 bits per heavy atom. The lowest BCUT2D eigenvalue weighted by Crippen LogP contribution is -2.71. The Bertz CT molecular complexity index is 932. The number of aromatic nitrogens is 3. The highest BCUT2D eigenvalue weighted by Gasteiger charge is 2.51. The van der Waals surface area contributed by atoms with E-state index >= 15 is 0 Å². The average molecular weight is 413 g/mol. The molecule has 1 unspecified atom stereocenters. The molecule has 30 heavy (non-hydrogen) atoms. The molecule has 2 aromatic heterocycles. The molecule has 2 aliphatic heterocycles. The van der Waals surface area contributed by atoms with E-state index in [4.69, 9.17) is 14.0 Å². The fourth-order valence-electron chi connectivity index (χ4n) is 3.98. The number of hydrogen-bond donors (Lipinski definition) is 1. The van der Waals surface area contributed by atoms with Crippen LogP contribution in [0.15, 0.2) is 16.7 Å². The summed E-state index contributed by atoms with van der Waals surface area (Å²) in [5, 5.41) is 6.94. The van der Waals surface area contributed by atoms with Crippen molar-refractivity contribution in [3.8, 4) is 5.88 Å². The fraction of sp³-hybridized carbons (Fsp3) is 0.619. The van der Waals surface area contributed by atoms with Crippen LogP contribution in [-0.4, -0.2) is 59.0 Å². The average Bonchev–Trinajstić information content (AvgIpc) is 3.39. The lowest BCUT2D eigenvalue weighted by molar-refractivity contribution is -0.0848. The third-order valence-corrected chi connectivity index (χ3v) is 6.07. The quantitative estimate of drug-likeness (QED) is 0.700. The topological polar surface area (TPSA) is 103 Å². The molecule has 1 spiro atoms. The molecule has 1 amide bonds. The van der Waals surface area contributed by atoms with Crippen LogP contribution in [-0.2, 0) is 11.2 Å². The molecule has 1 saturated carbocycles. The van der Waals surface area contributed by atoms with Gasteiger partial charge in [0.1, 0.15) is 0 Å². The normalized spacial score (nSPS) is 20.4. The van der Waals surface area contributed by atoms with Gasteiger partial charge in [-0.05, 0) is 38.2 Å². The van der Waals surface area contributed by atoms with Gasteiger partial charge in [0.25, 0.3) is 5.91 Å². The van der Waals surface area contributed by atoms with Crippen LogP contribution < -0.4 is 15.0 Å². The minimum absolute atomic E-state index is 0.0148. The Labute approximate surface area is 175 Å². The summed E-state index contributed by atoms with van der Waals surface area (Å²) in [6.45, 7) is 6.61. The zero-order valence-electron chi connectivity index (χ0n) is 17.4. The summed E-state index contributed by atoms with van der Waals surface area (Å²) in [5.41, 5.74) is 1.25. The van der Waals surface area contributed by atoms with Gasteiger partial charge in [-0.25, -0.2) is 4.98 Å². The smallest absolute Gasteiger partial charge is 0.272 e. The maximum Gasteiger partial charge on any atom is 0.272 e. The first-order chi connectivity index (χ1) is 14.5. The number of ether oxygens (including phenoxy) is 2. The number of anilines is 1. The molecule has 2 saturated heterocycles. The molecule has 0 aromatic carbocycles. The summed E-state index contributed by atoms with van der Waals surface area (Å²) in [7, 11) is 0. The minimum Gasteiger partial charge on any atom is -0.477 e. The molecular weight excluding hydrogens is 386 g/mol. The van der Waals surface area contributed by atoms with Crippen LogP contribution in [0.4, 0.5) is 5.69 Å². The number of hydrogen-bond acceptors (Lipinski definition) is 8. The van der Waals surface area contributed by atoms with Gasteiger partial charge in [-0.3, -0.25) is 4.79 Å². The second-order valence-electron chi connectivity index (χ2n) is 8.70. The summed E-state index contributed by atoms with van der Waals surface area (Å²) < 4.78 is 16.3. The first-order valence-electron chi connectivity index (χ1n) is 10.6. The first kappa shape index (κ1) is 19.3. The van der Waals surface area contributed by atoms with E-state index in [1.54, 1.807) is 6.92 Å². The summed E-state index contributed by atoms with van der Waals surface area (Å²) in [6, 6.07) is 3.65. The number of nitrogens with zero attached hydrogens (tertiary/aromatic N) is 4. The van der Waals surface area contributed by atoms with E-state index in [1.807, 2.05) is 19.1 Å². The number of nitrogens with one attached hydrogen (secondary N) is 1. The molecule has 9 nitrogen and oxygen atoms in total. The third-order valence-electron chi connectivity index (χ3n) is 6.07. The maximum absolute atomic E-state index is 13.2. The molecule has 0 bridgehead atoms. The second-order valence-corrected chi connectivity index (χ2v) is 8.70. The third kappa shape index (κ3) is 3.74. The van der Waals surface area contributed by atoms with E-state index in [-0.39, 0.29) is 17.5 Å². The van der Waals surface area contributed by atoms with Crippen molar-refractivity contribution in [3.05, 3.63) is 29.5 Å². The van der Waals surface area contributed by atoms with E-state index in [0.29, 0.717) is 55.4 Å². The Hall–Kier alpha value is -2.68. The Balaban J connectivity index is 1.34. The standard InChI is InChI=1S/C21H27N5O4/c1-13(9-17-23-14(2)30-25-17)22-20(27)19-16(26-8-7-21(26)11-28-12-21)5-6-18(24-19)29-10-15-3-4-15/h5-6,13,15H,3-4,7-12H2,1-2H3,(H,22,27). The van der Waals surface area contributed by atoms with Crippen LogP contribution in [0.3, 0.4) is 0 Å². The van der Waals surface area contributed by atoms with Crippen molar-refractivity contribution in [2.45, 2.75) is 51.1 Å². The van der Waals surface area contributed by atoms with Crippen molar-refractivity contribution >= 4 is 11.6 Å². The molecule has 0 radical (unpaired) electrons. The molecular formula is C21H27N5O4. The van der Waals surface area contributed by atoms with Crippen molar-refractivity contribution in [2.24, 2.45) is 5.92 Å². The summed E-state index contributed by atoms with van der Waals surface area (Å²) in [5.74, 6) is 1.98. The highest BCUT2D eigenvalue weighted by molar-refractivity contribution is 5.98. The number of aryl methyl sites for hydroxylation is 1. The Kier molecular flexibility index (Phi) is 4.85. The summed E-state index contributed by atoms with van der Waals surface area (Å²) >= 11 is 0. The predicted molar refractivity (Wildman–Crippen MR) is 108 cm³/mol. The van der Waals surface area contributed by atoms with Crippen molar-refractivity contribution in [1.29, 1.82) is 0 Å². The minimum atomic E-state index is -0.225. The molecule has 5 rings (SSSR count). The number of carbonyl (C=O) groups excluding carboxylic acids is 1. The van der Waals surface area contributed by atoms with Crippen LogP contribution in [0, 0.1) is 12.8 Å².